The Morgan fingerprint density at radius 2 is 1.81 bits per heavy atom. The van der Waals surface area contributed by atoms with Crippen molar-refractivity contribution in [2.45, 2.75) is 32.1 Å². The molecule has 1 heterocycles. The standard InChI is InChI=1S/C21H33N5O/c22-21(23-11-10-18-6-2-1-3-7-18)24-12-13-25-14-16-26(17-15-25)20(27)19-8-4-5-9-19/h1-3,6-7,19H,4-5,8-17H2,(H3,22,23,24). The molecule has 1 aromatic rings. The second-order valence-electron chi connectivity index (χ2n) is 7.58. The maximum absolute atomic E-state index is 12.5. The summed E-state index contributed by atoms with van der Waals surface area (Å²) in [7, 11) is 0. The lowest BCUT2D eigenvalue weighted by molar-refractivity contribution is -0.137. The predicted octanol–water partition coefficient (Wildman–Crippen LogP) is 1.47. The minimum Gasteiger partial charge on any atom is -0.370 e. The minimum absolute atomic E-state index is 0.294. The smallest absolute Gasteiger partial charge is 0.225 e. The molecule has 148 valence electrons. The van der Waals surface area contributed by atoms with E-state index >= 15 is 0 Å². The van der Waals surface area contributed by atoms with Crippen molar-refractivity contribution in [3.8, 4) is 0 Å². The van der Waals surface area contributed by atoms with Gasteiger partial charge in [0.15, 0.2) is 5.96 Å². The van der Waals surface area contributed by atoms with Crippen LogP contribution in [0.2, 0.25) is 0 Å². The molecule has 1 saturated heterocycles. The highest BCUT2D eigenvalue weighted by Crippen LogP contribution is 2.26. The molecule has 27 heavy (non-hydrogen) atoms. The zero-order valence-corrected chi connectivity index (χ0v) is 16.3. The van der Waals surface area contributed by atoms with Gasteiger partial charge >= 0.3 is 0 Å². The van der Waals surface area contributed by atoms with Gasteiger partial charge in [0.1, 0.15) is 0 Å². The third-order valence-corrected chi connectivity index (χ3v) is 5.65. The van der Waals surface area contributed by atoms with Crippen LogP contribution in [0.3, 0.4) is 0 Å². The van der Waals surface area contributed by atoms with Crippen molar-refractivity contribution in [3.63, 3.8) is 0 Å². The van der Waals surface area contributed by atoms with Crippen LogP contribution in [0.4, 0.5) is 0 Å². The van der Waals surface area contributed by atoms with Crippen molar-refractivity contribution >= 4 is 11.9 Å². The van der Waals surface area contributed by atoms with E-state index in [0.717, 1.165) is 58.5 Å². The van der Waals surface area contributed by atoms with E-state index in [-0.39, 0.29) is 0 Å². The summed E-state index contributed by atoms with van der Waals surface area (Å²) in [4.78, 5) is 21.3. The van der Waals surface area contributed by atoms with E-state index in [2.05, 4.69) is 32.2 Å². The SMILES string of the molecule is NC(=NCCN1CCN(C(=O)C2CCCC2)CC1)NCCc1ccccc1. The summed E-state index contributed by atoms with van der Waals surface area (Å²) in [6, 6.07) is 10.4. The molecule has 1 saturated carbocycles. The summed E-state index contributed by atoms with van der Waals surface area (Å²) in [6.45, 7) is 5.97. The lowest BCUT2D eigenvalue weighted by Crippen LogP contribution is -2.50. The fourth-order valence-electron chi connectivity index (χ4n) is 3.97. The highest BCUT2D eigenvalue weighted by molar-refractivity contribution is 5.79. The number of benzene rings is 1. The number of piperazine rings is 1. The second-order valence-corrected chi connectivity index (χ2v) is 7.58. The van der Waals surface area contributed by atoms with Crippen molar-refractivity contribution in [2.75, 3.05) is 45.8 Å². The second kappa shape index (κ2) is 10.3. The van der Waals surface area contributed by atoms with Gasteiger partial charge in [0, 0.05) is 45.2 Å². The van der Waals surface area contributed by atoms with Gasteiger partial charge < -0.3 is 16.0 Å². The van der Waals surface area contributed by atoms with E-state index in [0.29, 0.717) is 24.3 Å². The maximum atomic E-state index is 12.5. The monoisotopic (exact) mass is 371 g/mol. The number of hydrogen-bond acceptors (Lipinski definition) is 3. The molecule has 2 aliphatic rings. The van der Waals surface area contributed by atoms with Crippen LogP contribution in [0, 0.1) is 5.92 Å². The van der Waals surface area contributed by atoms with Gasteiger partial charge in [-0.1, -0.05) is 43.2 Å². The van der Waals surface area contributed by atoms with Gasteiger partial charge in [-0.05, 0) is 24.8 Å². The van der Waals surface area contributed by atoms with Crippen molar-refractivity contribution < 1.29 is 4.79 Å². The summed E-state index contributed by atoms with van der Waals surface area (Å²) in [5, 5.41) is 3.18. The molecule has 2 fully saturated rings. The maximum Gasteiger partial charge on any atom is 0.225 e. The van der Waals surface area contributed by atoms with Gasteiger partial charge in [0.2, 0.25) is 5.91 Å². The molecule has 0 aromatic heterocycles. The van der Waals surface area contributed by atoms with Crippen LogP contribution in [-0.2, 0) is 11.2 Å². The highest BCUT2D eigenvalue weighted by atomic mass is 16.2. The number of nitrogens with one attached hydrogen (secondary N) is 1. The highest BCUT2D eigenvalue weighted by Gasteiger charge is 2.29. The lowest BCUT2D eigenvalue weighted by Gasteiger charge is -2.35. The van der Waals surface area contributed by atoms with E-state index in [1.54, 1.807) is 0 Å². The van der Waals surface area contributed by atoms with Crippen molar-refractivity contribution in [2.24, 2.45) is 16.6 Å². The van der Waals surface area contributed by atoms with Gasteiger partial charge in [-0.2, -0.15) is 0 Å². The molecular weight excluding hydrogens is 338 g/mol. The van der Waals surface area contributed by atoms with Crippen molar-refractivity contribution in [1.29, 1.82) is 0 Å². The Bertz CT molecular complexity index is 604. The Labute approximate surface area is 162 Å². The molecule has 0 atom stereocenters. The first-order chi connectivity index (χ1) is 13.2. The van der Waals surface area contributed by atoms with Crippen LogP contribution in [-0.4, -0.2) is 67.5 Å². The topological polar surface area (TPSA) is 74.0 Å². The minimum atomic E-state index is 0.294. The predicted molar refractivity (Wildman–Crippen MR) is 110 cm³/mol. The Morgan fingerprint density at radius 3 is 2.52 bits per heavy atom. The zero-order chi connectivity index (χ0) is 18.9. The number of aliphatic imine (C=N–C) groups is 1. The first-order valence-electron chi connectivity index (χ1n) is 10.3. The Kier molecular flexibility index (Phi) is 7.51. The molecule has 1 aliphatic carbocycles. The van der Waals surface area contributed by atoms with E-state index in [1.165, 1.54) is 18.4 Å². The molecule has 0 spiro atoms. The number of nitrogens with two attached hydrogens (primary N) is 1. The third kappa shape index (κ3) is 6.24. The van der Waals surface area contributed by atoms with Crippen LogP contribution in [0.5, 0.6) is 0 Å². The number of guanidine groups is 1. The average molecular weight is 372 g/mol. The summed E-state index contributed by atoms with van der Waals surface area (Å²) in [5.74, 6) is 1.20. The van der Waals surface area contributed by atoms with Gasteiger partial charge in [-0.3, -0.25) is 14.7 Å². The van der Waals surface area contributed by atoms with Gasteiger partial charge in [-0.25, -0.2) is 0 Å². The molecule has 1 aromatic carbocycles. The van der Waals surface area contributed by atoms with Gasteiger partial charge in [0.25, 0.3) is 0 Å². The molecule has 0 radical (unpaired) electrons. The van der Waals surface area contributed by atoms with Crippen molar-refractivity contribution in [3.05, 3.63) is 35.9 Å². The first kappa shape index (κ1) is 19.7. The molecule has 3 rings (SSSR count). The number of hydrogen-bond donors (Lipinski definition) is 2. The van der Waals surface area contributed by atoms with Gasteiger partial charge in [0.05, 0.1) is 6.54 Å². The molecule has 1 amide bonds. The molecule has 0 bridgehead atoms. The van der Waals surface area contributed by atoms with Crippen LogP contribution in [0.1, 0.15) is 31.2 Å². The molecule has 1 aliphatic heterocycles. The van der Waals surface area contributed by atoms with Gasteiger partial charge in [-0.15, -0.1) is 0 Å². The van der Waals surface area contributed by atoms with Crippen LogP contribution in [0.15, 0.2) is 35.3 Å². The number of nitrogens with zero attached hydrogens (tertiary/aromatic N) is 3. The Hall–Kier alpha value is -2.08. The summed E-state index contributed by atoms with van der Waals surface area (Å²) < 4.78 is 0. The molecule has 6 heteroatoms. The van der Waals surface area contributed by atoms with E-state index in [9.17, 15) is 4.79 Å². The van der Waals surface area contributed by atoms with Crippen molar-refractivity contribution in [1.82, 2.24) is 15.1 Å². The molecule has 0 unspecified atom stereocenters. The Balaban J connectivity index is 1.29. The van der Waals surface area contributed by atoms with Crippen LogP contribution >= 0.6 is 0 Å². The summed E-state index contributed by atoms with van der Waals surface area (Å²) >= 11 is 0. The van der Waals surface area contributed by atoms with E-state index in [4.69, 9.17) is 5.73 Å². The number of amides is 1. The summed E-state index contributed by atoms with van der Waals surface area (Å²) in [6.07, 6.45) is 5.55. The van der Waals surface area contributed by atoms with Crippen LogP contribution < -0.4 is 11.1 Å². The number of rotatable bonds is 7. The van der Waals surface area contributed by atoms with E-state index in [1.807, 2.05) is 18.2 Å². The zero-order valence-electron chi connectivity index (χ0n) is 16.3. The molecule has 3 N–H and O–H groups in total. The third-order valence-electron chi connectivity index (χ3n) is 5.65. The quantitative estimate of drug-likeness (QED) is 0.562. The first-order valence-corrected chi connectivity index (χ1v) is 10.3. The average Bonchev–Trinajstić information content (AvgIpc) is 3.24. The number of carbonyl (C=O) groups excluding carboxylic acids is 1. The largest absolute Gasteiger partial charge is 0.370 e. The fraction of sp³-hybridized carbons (Fsp3) is 0.619. The normalized spacial score (nSPS) is 19.4. The summed E-state index contributed by atoms with van der Waals surface area (Å²) in [5.41, 5.74) is 7.25. The molecular formula is C21H33N5O. The Morgan fingerprint density at radius 1 is 1.11 bits per heavy atom. The number of carbonyl (C=O) groups is 1. The lowest BCUT2D eigenvalue weighted by atomic mass is 10.1. The molecule has 6 nitrogen and oxygen atoms in total. The van der Waals surface area contributed by atoms with E-state index < -0.39 is 0 Å². The fourth-order valence-corrected chi connectivity index (χ4v) is 3.97. The van der Waals surface area contributed by atoms with Crippen LogP contribution in [0.25, 0.3) is 0 Å².